The number of hydrogen-bond acceptors (Lipinski definition) is 7. The van der Waals surface area contributed by atoms with Gasteiger partial charge in [0.25, 0.3) is 0 Å². The Morgan fingerprint density at radius 3 is 1.32 bits per heavy atom. The summed E-state index contributed by atoms with van der Waals surface area (Å²) in [6, 6.07) is 4.58. The lowest BCUT2D eigenvalue weighted by Crippen LogP contribution is -2.36. The minimum atomic E-state index is -6.09. The van der Waals surface area contributed by atoms with Gasteiger partial charge in [-0.1, -0.05) is 12.1 Å². The number of rotatable bonds is 8. The first kappa shape index (κ1) is 38.5. The molecule has 38 heavy (non-hydrogen) atoms. The van der Waals surface area contributed by atoms with Gasteiger partial charge in [-0.25, -0.2) is 16.8 Å². The van der Waals surface area contributed by atoms with Crippen LogP contribution in [-0.2, 0) is 26.7 Å². The summed E-state index contributed by atoms with van der Waals surface area (Å²) in [5, 5.41) is 0. The van der Waals surface area contributed by atoms with E-state index in [0.29, 0.717) is 0 Å². The predicted molar refractivity (Wildman–Crippen MR) is 127 cm³/mol. The number of benzene rings is 1. The summed E-state index contributed by atoms with van der Waals surface area (Å²) in [5.74, 6) is 1.08. The monoisotopic (exact) mass is 606 g/mol. The zero-order valence-electron chi connectivity index (χ0n) is 22.5. The second-order valence-electron chi connectivity index (χ2n) is 10.3. The van der Waals surface area contributed by atoms with Gasteiger partial charge in [-0.15, -0.1) is 0 Å². The summed E-state index contributed by atoms with van der Waals surface area (Å²) in [7, 11) is 1.21. The van der Waals surface area contributed by atoms with Crippen molar-refractivity contribution in [2.24, 2.45) is 0 Å². The average Bonchev–Trinajstić information content (AvgIpc) is 2.61. The van der Waals surface area contributed by atoms with Crippen molar-refractivity contribution in [3.05, 3.63) is 28.8 Å². The Kier molecular flexibility index (Phi) is 14.3. The highest BCUT2D eigenvalue weighted by molar-refractivity contribution is 7.86. The van der Waals surface area contributed by atoms with E-state index < -0.39 is 31.3 Å². The molecule has 0 aliphatic heterocycles. The highest BCUT2D eigenvalue weighted by Gasteiger charge is 2.37. The summed E-state index contributed by atoms with van der Waals surface area (Å²) in [5.41, 5.74) is -7.34. The van der Waals surface area contributed by atoms with Gasteiger partial charge in [0.15, 0.2) is 20.2 Å². The van der Waals surface area contributed by atoms with E-state index in [1.165, 1.54) is 16.7 Å². The Labute approximate surface area is 220 Å². The molecule has 226 valence electrons. The molecule has 0 aliphatic carbocycles. The summed E-state index contributed by atoms with van der Waals surface area (Å²) >= 11 is 0. The molecule has 0 radical (unpaired) electrons. The molecule has 0 N–H and O–H groups in total. The zero-order chi connectivity index (χ0) is 31.0. The maximum atomic E-state index is 10.7. The predicted octanol–water partition coefficient (Wildman–Crippen LogP) is 3.13. The lowest BCUT2D eigenvalue weighted by Gasteiger charge is -2.24. The molecule has 17 heteroatoms. The normalized spacial score (nSPS) is 13.2. The summed E-state index contributed by atoms with van der Waals surface area (Å²) < 4.78 is 126. The van der Waals surface area contributed by atoms with Gasteiger partial charge in [0, 0.05) is 12.8 Å². The smallest absolute Gasteiger partial charge is 0.485 e. The van der Waals surface area contributed by atoms with Crippen LogP contribution in [0.15, 0.2) is 12.1 Å². The highest BCUT2D eigenvalue weighted by atomic mass is 32.2. The van der Waals surface area contributed by atoms with Gasteiger partial charge < -0.3 is 22.8 Å². The number of quaternary nitrogens is 2. The lowest BCUT2D eigenvalue weighted by molar-refractivity contribution is -0.870. The molecule has 0 saturated carbocycles. The van der Waals surface area contributed by atoms with Gasteiger partial charge >= 0.3 is 11.0 Å². The van der Waals surface area contributed by atoms with Crippen LogP contribution in [0.2, 0.25) is 0 Å². The van der Waals surface area contributed by atoms with Crippen LogP contribution in [0.25, 0.3) is 0 Å². The standard InChI is InChI=1S/C19H36N2O.2CHF3O3S/c1-16-14-18(10-12-21(6,7)8)15-17(2)19(16)22-13-9-11-20(3,4)5;2*2-1(3,4)8(5,6)7/h14-15H,9-13H2,1-8H3;2*(H,5,6,7)/q+2;;/p-2. The van der Waals surface area contributed by atoms with Gasteiger partial charge in [-0.2, -0.15) is 26.3 Å². The first-order chi connectivity index (χ1) is 16.5. The molecular formula is C21H36F6N2O7S2. The van der Waals surface area contributed by atoms with Crippen molar-refractivity contribution in [3.63, 3.8) is 0 Å². The van der Waals surface area contributed by atoms with Crippen LogP contribution in [0.1, 0.15) is 23.1 Å². The Bertz CT molecular complexity index is 1030. The number of hydrogen-bond donors (Lipinski definition) is 0. The molecule has 0 unspecified atom stereocenters. The van der Waals surface area contributed by atoms with Crippen LogP contribution in [-0.4, -0.2) is 108 Å². The Balaban J connectivity index is 0. The third kappa shape index (κ3) is 17.8. The number of aryl methyl sites for hydroxylation is 2. The van der Waals surface area contributed by atoms with Gasteiger partial charge in [0.05, 0.1) is 62.0 Å². The van der Waals surface area contributed by atoms with Crippen LogP contribution < -0.4 is 4.74 Å². The molecule has 0 amide bonds. The van der Waals surface area contributed by atoms with E-state index in [1.54, 1.807) is 0 Å². The molecule has 9 nitrogen and oxygen atoms in total. The third-order valence-electron chi connectivity index (χ3n) is 4.38. The SMILES string of the molecule is Cc1cc(CC[N+](C)(C)C)cc(C)c1OCCC[N+](C)(C)C.O=S(=O)([O-])C(F)(F)F.O=S(=O)([O-])C(F)(F)F. The fourth-order valence-electron chi connectivity index (χ4n) is 2.59. The van der Waals surface area contributed by atoms with Gasteiger partial charge in [0.1, 0.15) is 5.75 Å². The molecule has 0 fully saturated rings. The van der Waals surface area contributed by atoms with Crippen molar-refractivity contribution in [1.29, 1.82) is 0 Å². The first-order valence-corrected chi connectivity index (χ1v) is 13.7. The molecule has 0 aliphatic rings. The largest absolute Gasteiger partial charge is 0.741 e. The van der Waals surface area contributed by atoms with Crippen molar-refractivity contribution < 1.29 is 66.0 Å². The van der Waals surface area contributed by atoms with E-state index in [-0.39, 0.29) is 0 Å². The van der Waals surface area contributed by atoms with Crippen molar-refractivity contribution in [2.75, 3.05) is 62.0 Å². The molecule has 0 atom stereocenters. The van der Waals surface area contributed by atoms with E-state index >= 15 is 0 Å². The molecular weight excluding hydrogens is 570 g/mol. The molecule has 0 spiro atoms. The quantitative estimate of drug-likeness (QED) is 0.146. The summed E-state index contributed by atoms with van der Waals surface area (Å²) in [6.45, 7) is 7.42. The second kappa shape index (κ2) is 14.1. The average molecular weight is 607 g/mol. The van der Waals surface area contributed by atoms with E-state index in [2.05, 4.69) is 68.3 Å². The molecule has 0 aromatic heterocycles. The van der Waals surface area contributed by atoms with E-state index in [9.17, 15) is 26.3 Å². The lowest BCUT2D eigenvalue weighted by atomic mass is 10.0. The number of ether oxygens (including phenoxy) is 1. The van der Waals surface area contributed by atoms with E-state index in [4.69, 9.17) is 30.7 Å². The summed E-state index contributed by atoms with van der Waals surface area (Å²) in [4.78, 5) is 0. The topological polar surface area (TPSA) is 124 Å². The molecule has 1 aromatic rings. The maximum absolute atomic E-state index is 10.7. The molecule has 0 saturated heterocycles. The van der Waals surface area contributed by atoms with Crippen molar-refractivity contribution in [3.8, 4) is 5.75 Å². The molecule has 0 bridgehead atoms. The zero-order valence-corrected chi connectivity index (χ0v) is 24.2. The van der Waals surface area contributed by atoms with Crippen LogP contribution in [0.4, 0.5) is 26.3 Å². The molecule has 1 rings (SSSR count). The Hall–Kier alpha value is -1.66. The number of likely N-dealkylation sites (N-methyl/N-ethyl adjacent to an activating group) is 1. The van der Waals surface area contributed by atoms with Gasteiger partial charge in [-0.05, 0) is 30.5 Å². The van der Waals surface area contributed by atoms with Crippen LogP contribution >= 0.6 is 0 Å². The number of alkyl halides is 6. The van der Waals surface area contributed by atoms with Crippen LogP contribution in [0.3, 0.4) is 0 Å². The minimum absolute atomic E-state index is 0.801. The van der Waals surface area contributed by atoms with Crippen molar-refractivity contribution >= 4 is 20.2 Å². The van der Waals surface area contributed by atoms with Crippen molar-refractivity contribution in [2.45, 2.75) is 37.7 Å². The second-order valence-corrected chi connectivity index (χ2v) is 13.1. The maximum Gasteiger partial charge on any atom is 0.485 e. The minimum Gasteiger partial charge on any atom is -0.741 e. The van der Waals surface area contributed by atoms with E-state index in [0.717, 1.165) is 47.3 Å². The van der Waals surface area contributed by atoms with Gasteiger partial charge in [0.2, 0.25) is 0 Å². The highest BCUT2D eigenvalue weighted by Crippen LogP contribution is 2.25. The first-order valence-electron chi connectivity index (χ1n) is 10.9. The van der Waals surface area contributed by atoms with Crippen LogP contribution in [0.5, 0.6) is 5.75 Å². The summed E-state index contributed by atoms with van der Waals surface area (Å²) in [6.07, 6.45) is 2.21. The van der Waals surface area contributed by atoms with Gasteiger partial charge in [-0.3, -0.25) is 0 Å². The van der Waals surface area contributed by atoms with Crippen molar-refractivity contribution in [1.82, 2.24) is 0 Å². The molecule has 1 aromatic carbocycles. The third-order valence-corrected chi connectivity index (χ3v) is 5.51. The molecule has 0 heterocycles. The van der Waals surface area contributed by atoms with E-state index in [1.807, 2.05) is 0 Å². The number of halogens is 6. The fourth-order valence-corrected chi connectivity index (χ4v) is 2.59. The Morgan fingerprint density at radius 1 is 0.737 bits per heavy atom. The number of nitrogens with zero attached hydrogens (tertiary/aromatic N) is 2. The Morgan fingerprint density at radius 2 is 1.05 bits per heavy atom. The van der Waals surface area contributed by atoms with Crippen LogP contribution in [0, 0.1) is 13.8 Å². The fraction of sp³-hybridized carbons (Fsp3) is 0.714.